The number of nitrogens with one attached hydrogen (secondary N) is 2. The molecule has 0 amide bonds. The van der Waals surface area contributed by atoms with Crippen LogP contribution >= 0.6 is 46.4 Å². The first kappa shape index (κ1) is 19.1. The third-order valence-corrected chi connectivity index (χ3v) is 2.15. The van der Waals surface area contributed by atoms with Gasteiger partial charge >= 0.3 is 0 Å². The molecule has 0 spiro atoms. The van der Waals surface area contributed by atoms with Crippen LogP contribution in [0.15, 0.2) is 0 Å². The predicted octanol–water partition coefficient (Wildman–Crippen LogP) is 1.06. The van der Waals surface area contributed by atoms with Gasteiger partial charge in [0.2, 0.25) is 0 Å². The first-order valence-electron chi connectivity index (χ1n) is 1.93. The monoisotopic (exact) mass is 412 g/mol. The molecular formula is C2H4Mo2N2O2S4. The van der Waals surface area contributed by atoms with Gasteiger partial charge in [-0.1, -0.05) is 0 Å². The van der Waals surface area contributed by atoms with Crippen LogP contribution in [-0.4, -0.2) is 20.6 Å². The largest absolute Gasteiger partial charge is 0.486 e. The fourth-order valence-corrected chi connectivity index (χ4v) is 1.63. The van der Waals surface area contributed by atoms with Gasteiger partial charge in [-0.15, -0.1) is 0 Å². The van der Waals surface area contributed by atoms with E-state index >= 15 is 0 Å². The van der Waals surface area contributed by atoms with Gasteiger partial charge < -0.3 is 10.2 Å². The summed E-state index contributed by atoms with van der Waals surface area (Å²) in [5, 5.41) is 16.1. The molecule has 0 saturated heterocycles. The number of thiocarbonyl (C=S) groups is 2. The fourth-order valence-electron chi connectivity index (χ4n) is 0.113. The minimum Gasteiger partial charge on any atom is -0.486 e. The third kappa shape index (κ3) is 17.5. The van der Waals surface area contributed by atoms with Gasteiger partial charge in [0.1, 0.15) is 0 Å². The molecule has 0 bridgehead atoms. The summed E-state index contributed by atoms with van der Waals surface area (Å²) in [6, 6.07) is 0. The first-order valence-corrected chi connectivity index (χ1v) is 4.90. The molecule has 0 saturated carbocycles. The molecule has 0 unspecified atom stereocenters. The Bertz CT molecular complexity index is 131. The molecule has 0 atom stereocenters. The van der Waals surface area contributed by atoms with Crippen molar-refractivity contribution in [3.63, 3.8) is 0 Å². The predicted molar refractivity (Wildman–Crippen MR) is 51.9 cm³/mol. The third-order valence-electron chi connectivity index (χ3n) is 0.300. The molecule has 4 nitrogen and oxygen atoms in total. The second kappa shape index (κ2) is 12.5. The first-order chi connectivity index (χ1) is 4.63. The summed E-state index contributed by atoms with van der Waals surface area (Å²) in [7, 11) is 2.01. The Morgan fingerprint density at radius 1 is 0.917 bits per heavy atom. The van der Waals surface area contributed by atoms with Crippen LogP contribution in [0.5, 0.6) is 0 Å². The van der Waals surface area contributed by atoms with E-state index in [9.17, 15) is 0 Å². The number of aliphatic hydroxyl groups is 2. The molecule has 0 aromatic heterocycles. The van der Waals surface area contributed by atoms with Crippen molar-refractivity contribution in [1.82, 2.24) is 9.44 Å². The Morgan fingerprint density at radius 2 is 1.17 bits per heavy atom. The van der Waals surface area contributed by atoms with Crippen molar-refractivity contribution in [1.29, 1.82) is 0 Å². The summed E-state index contributed by atoms with van der Waals surface area (Å²) < 4.78 is 4.67. The number of hydrogen-bond acceptors (Lipinski definition) is 4. The summed E-state index contributed by atoms with van der Waals surface area (Å²) in [6.07, 6.45) is 0. The van der Waals surface area contributed by atoms with Crippen LogP contribution in [0.25, 0.3) is 0 Å². The molecule has 0 aliphatic rings. The smallest absolute Gasteiger partial charge is 0.265 e. The number of hydrogen-bond donors (Lipinski definition) is 4. The number of aliphatic hydroxyl groups excluding tert-OH is 2. The molecule has 0 aromatic carbocycles. The SMILES string of the molecule is OC(=S)NSSNC(O)=S.[Mo].[Mo]. The van der Waals surface area contributed by atoms with E-state index in [2.05, 4.69) is 33.9 Å². The van der Waals surface area contributed by atoms with Gasteiger partial charge in [-0.25, -0.2) is 0 Å². The summed E-state index contributed by atoms with van der Waals surface area (Å²) in [5.41, 5.74) is 0. The second-order valence-electron chi connectivity index (χ2n) is 0.981. The van der Waals surface area contributed by atoms with Gasteiger partial charge in [-0.2, -0.15) is 0 Å². The Balaban J connectivity index is -0.000000405. The van der Waals surface area contributed by atoms with E-state index in [1.54, 1.807) is 0 Å². The van der Waals surface area contributed by atoms with Crippen LogP contribution in [-0.2, 0) is 42.1 Å². The van der Waals surface area contributed by atoms with Crippen LogP contribution < -0.4 is 9.44 Å². The zero-order chi connectivity index (χ0) is 7.98. The Hall–Kier alpha value is 1.46. The van der Waals surface area contributed by atoms with E-state index in [0.29, 0.717) is 0 Å². The molecule has 0 fully saturated rings. The average Bonchev–Trinajstić information content (AvgIpc) is 1.79. The van der Waals surface area contributed by atoms with E-state index in [-0.39, 0.29) is 52.5 Å². The molecule has 4 N–H and O–H groups in total. The maximum absolute atomic E-state index is 8.38. The standard InChI is InChI=1S/C2H4N2O2S4.2Mo/c5-1(7)3-9-10-4-2(6)8;;/h(H2,3,5,7)(H2,4,6,8);;. The van der Waals surface area contributed by atoms with Crippen molar-refractivity contribution in [2.45, 2.75) is 0 Å². The van der Waals surface area contributed by atoms with Gasteiger partial charge in [0, 0.05) is 64.1 Å². The van der Waals surface area contributed by atoms with Crippen LogP contribution in [0.4, 0.5) is 0 Å². The zero-order valence-corrected chi connectivity index (χ0v) is 12.6. The van der Waals surface area contributed by atoms with Gasteiger partial charge in [0.25, 0.3) is 10.3 Å². The molecule has 0 aliphatic carbocycles. The van der Waals surface area contributed by atoms with Crippen molar-refractivity contribution < 1.29 is 52.3 Å². The van der Waals surface area contributed by atoms with Crippen molar-refractivity contribution in [2.75, 3.05) is 0 Å². The maximum atomic E-state index is 8.38. The van der Waals surface area contributed by atoms with Gasteiger partial charge in [0.05, 0.1) is 0 Å². The summed E-state index contributed by atoms with van der Waals surface area (Å²) in [6.45, 7) is 0. The summed E-state index contributed by atoms with van der Waals surface area (Å²) >= 11 is 8.52. The summed E-state index contributed by atoms with van der Waals surface area (Å²) in [5.74, 6) is 0. The van der Waals surface area contributed by atoms with Crippen molar-refractivity contribution in [3.05, 3.63) is 0 Å². The molecule has 0 aromatic rings. The van der Waals surface area contributed by atoms with Crippen molar-refractivity contribution in [2.24, 2.45) is 0 Å². The normalized spacial score (nSPS) is 7.00. The van der Waals surface area contributed by atoms with Gasteiger partial charge in [-0.05, 0) is 24.4 Å². The Labute approximate surface area is 117 Å². The minimum absolute atomic E-state index is 0. The van der Waals surface area contributed by atoms with Crippen LogP contribution in [0.2, 0.25) is 0 Å². The van der Waals surface area contributed by atoms with Crippen LogP contribution in [0.3, 0.4) is 0 Å². The molecule has 10 heteroatoms. The van der Waals surface area contributed by atoms with Gasteiger partial charge in [-0.3, -0.25) is 9.44 Å². The molecule has 0 aliphatic heterocycles. The van der Waals surface area contributed by atoms with E-state index in [1.807, 2.05) is 0 Å². The molecule has 0 rings (SSSR count). The Morgan fingerprint density at radius 3 is 1.33 bits per heavy atom. The van der Waals surface area contributed by atoms with Crippen molar-refractivity contribution in [3.8, 4) is 0 Å². The van der Waals surface area contributed by atoms with Crippen molar-refractivity contribution >= 4 is 56.7 Å². The van der Waals surface area contributed by atoms with E-state index in [0.717, 1.165) is 22.0 Å². The second-order valence-corrected chi connectivity index (χ2v) is 3.50. The number of rotatable bonds is 3. The summed E-state index contributed by atoms with van der Waals surface area (Å²) in [4.78, 5) is 0. The van der Waals surface area contributed by atoms with E-state index in [1.165, 1.54) is 0 Å². The zero-order valence-electron chi connectivity index (χ0n) is 5.34. The van der Waals surface area contributed by atoms with Crippen LogP contribution in [0.1, 0.15) is 0 Å². The quantitative estimate of drug-likeness (QED) is 0.182. The maximum Gasteiger partial charge on any atom is 0.265 e. The molecule has 70 valence electrons. The van der Waals surface area contributed by atoms with E-state index < -0.39 is 0 Å². The Kier molecular flexibility index (Phi) is 19.8. The van der Waals surface area contributed by atoms with Gasteiger partial charge in [0.15, 0.2) is 0 Å². The molecule has 0 radical (unpaired) electrons. The molecular weight excluding hydrogens is 404 g/mol. The molecule has 12 heavy (non-hydrogen) atoms. The average molecular weight is 408 g/mol. The fraction of sp³-hybridized carbons (Fsp3) is 0. The van der Waals surface area contributed by atoms with E-state index in [4.69, 9.17) is 10.2 Å². The molecule has 0 heterocycles. The minimum atomic E-state index is -0.317. The van der Waals surface area contributed by atoms with Crippen LogP contribution in [0, 0.1) is 0 Å². The topological polar surface area (TPSA) is 64.5 Å².